The average molecular weight is 391 g/mol. The summed E-state index contributed by atoms with van der Waals surface area (Å²) in [6.07, 6.45) is 2.86. The highest BCUT2D eigenvalue weighted by Gasteiger charge is 2.32. The van der Waals surface area contributed by atoms with E-state index in [1.54, 1.807) is 12.1 Å². The van der Waals surface area contributed by atoms with Crippen molar-refractivity contribution in [3.63, 3.8) is 0 Å². The molecule has 1 saturated heterocycles. The fraction of sp³-hybridized carbons (Fsp3) is 0.562. The Balaban J connectivity index is 2.25. The number of anilines is 1. The molecule has 7 nitrogen and oxygen atoms in total. The third-order valence-electron chi connectivity index (χ3n) is 3.99. The molecule has 1 N–H and O–H groups in total. The Labute approximate surface area is 153 Å². The minimum atomic E-state index is -3.75. The highest BCUT2D eigenvalue weighted by molar-refractivity contribution is 7.92. The lowest BCUT2D eigenvalue weighted by molar-refractivity contribution is -0.122. The van der Waals surface area contributed by atoms with Crippen molar-refractivity contribution in [3.05, 3.63) is 23.2 Å². The first-order valence-corrected chi connectivity index (χ1v) is 10.2. The third kappa shape index (κ3) is 4.99. The standard InChI is InChI=1S/C16H23ClN2O5S/c1-11(16(20)18-10-13-5-4-8-24-13)19(25(3,21)22)14-9-12(17)6-7-15(14)23-2/h6-7,9,11,13H,4-5,8,10H2,1-3H3,(H,18,20)/t11-,13-/m1/s1. The second-order valence-corrected chi connectivity index (χ2v) is 8.23. The SMILES string of the molecule is COc1ccc(Cl)cc1N([C@H](C)C(=O)NC[C@H]1CCCO1)S(C)(=O)=O. The van der Waals surface area contributed by atoms with Crippen LogP contribution in [0.4, 0.5) is 5.69 Å². The number of nitrogens with zero attached hydrogens (tertiary/aromatic N) is 1. The van der Waals surface area contributed by atoms with Gasteiger partial charge in [0.25, 0.3) is 0 Å². The van der Waals surface area contributed by atoms with E-state index in [2.05, 4.69) is 5.32 Å². The van der Waals surface area contributed by atoms with Gasteiger partial charge in [0.15, 0.2) is 0 Å². The zero-order valence-electron chi connectivity index (χ0n) is 14.5. The van der Waals surface area contributed by atoms with Gasteiger partial charge in [-0.1, -0.05) is 11.6 Å². The Bertz CT molecular complexity index is 719. The van der Waals surface area contributed by atoms with Crippen molar-refractivity contribution in [1.29, 1.82) is 0 Å². The van der Waals surface area contributed by atoms with Crippen molar-refractivity contribution in [3.8, 4) is 5.75 Å². The van der Waals surface area contributed by atoms with Gasteiger partial charge in [0.05, 0.1) is 25.2 Å². The van der Waals surface area contributed by atoms with Gasteiger partial charge in [0.1, 0.15) is 11.8 Å². The predicted octanol–water partition coefficient (Wildman–Crippen LogP) is 1.80. The maximum Gasteiger partial charge on any atom is 0.243 e. The van der Waals surface area contributed by atoms with E-state index < -0.39 is 22.0 Å². The lowest BCUT2D eigenvalue weighted by Gasteiger charge is -2.29. The lowest BCUT2D eigenvalue weighted by Crippen LogP contribution is -2.49. The van der Waals surface area contributed by atoms with E-state index in [1.165, 1.54) is 20.1 Å². The van der Waals surface area contributed by atoms with Crippen LogP contribution in [0, 0.1) is 0 Å². The van der Waals surface area contributed by atoms with E-state index in [9.17, 15) is 13.2 Å². The van der Waals surface area contributed by atoms with Crippen molar-refractivity contribution in [2.45, 2.75) is 31.9 Å². The Morgan fingerprint density at radius 2 is 2.24 bits per heavy atom. The molecule has 0 spiro atoms. The van der Waals surface area contributed by atoms with Crippen LogP contribution >= 0.6 is 11.6 Å². The first kappa shape index (κ1) is 19.8. The molecule has 1 aromatic carbocycles. The Hall–Kier alpha value is -1.51. The van der Waals surface area contributed by atoms with Gasteiger partial charge in [-0.3, -0.25) is 9.10 Å². The Morgan fingerprint density at radius 3 is 2.80 bits per heavy atom. The summed E-state index contributed by atoms with van der Waals surface area (Å²) in [5.74, 6) is -0.100. The summed E-state index contributed by atoms with van der Waals surface area (Å²) >= 11 is 6.01. The molecular formula is C16H23ClN2O5S. The Morgan fingerprint density at radius 1 is 1.52 bits per heavy atom. The summed E-state index contributed by atoms with van der Waals surface area (Å²) in [7, 11) is -2.32. The molecule has 1 aromatic rings. The molecule has 9 heteroatoms. The number of nitrogens with one attached hydrogen (secondary N) is 1. The summed E-state index contributed by atoms with van der Waals surface area (Å²) in [5, 5.41) is 3.10. The number of carbonyl (C=O) groups excluding carboxylic acids is 1. The van der Waals surface area contributed by atoms with E-state index in [0.717, 1.165) is 23.4 Å². The normalized spacial score (nSPS) is 18.6. The predicted molar refractivity (Wildman–Crippen MR) is 96.8 cm³/mol. The van der Waals surface area contributed by atoms with E-state index >= 15 is 0 Å². The molecule has 140 valence electrons. The molecule has 0 aliphatic carbocycles. The van der Waals surface area contributed by atoms with Crippen LogP contribution in [0.5, 0.6) is 5.75 Å². The van der Waals surface area contributed by atoms with Gasteiger partial charge < -0.3 is 14.8 Å². The van der Waals surface area contributed by atoms with Crippen LogP contribution < -0.4 is 14.4 Å². The van der Waals surface area contributed by atoms with Gasteiger partial charge in [-0.25, -0.2) is 8.42 Å². The molecule has 0 radical (unpaired) electrons. The molecular weight excluding hydrogens is 368 g/mol. The Kier molecular flexibility index (Phi) is 6.53. The van der Waals surface area contributed by atoms with Crippen LogP contribution in [0.3, 0.4) is 0 Å². The highest BCUT2D eigenvalue weighted by atomic mass is 35.5. The van der Waals surface area contributed by atoms with Crippen molar-refractivity contribution in [2.24, 2.45) is 0 Å². The monoisotopic (exact) mass is 390 g/mol. The molecule has 1 heterocycles. The van der Waals surface area contributed by atoms with Crippen LogP contribution in [0.15, 0.2) is 18.2 Å². The minimum absolute atomic E-state index is 0.0245. The zero-order valence-corrected chi connectivity index (χ0v) is 16.1. The van der Waals surface area contributed by atoms with Gasteiger partial charge >= 0.3 is 0 Å². The maximum atomic E-state index is 12.5. The van der Waals surface area contributed by atoms with Crippen LogP contribution in [-0.4, -0.2) is 53.0 Å². The molecule has 2 atom stereocenters. The van der Waals surface area contributed by atoms with Crippen LogP contribution in [-0.2, 0) is 19.6 Å². The van der Waals surface area contributed by atoms with E-state index in [0.29, 0.717) is 23.9 Å². The molecule has 1 aliphatic heterocycles. The zero-order chi connectivity index (χ0) is 18.6. The van der Waals surface area contributed by atoms with Crippen LogP contribution in [0.1, 0.15) is 19.8 Å². The van der Waals surface area contributed by atoms with Gasteiger partial charge in [-0.05, 0) is 38.0 Å². The topological polar surface area (TPSA) is 84.9 Å². The number of rotatable bonds is 7. The molecule has 0 bridgehead atoms. The molecule has 1 fully saturated rings. The number of hydrogen-bond acceptors (Lipinski definition) is 5. The molecule has 1 amide bonds. The molecule has 25 heavy (non-hydrogen) atoms. The fourth-order valence-corrected chi connectivity index (χ4v) is 4.12. The maximum absolute atomic E-state index is 12.5. The summed E-state index contributed by atoms with van der Waals surface area (Å²) < 4.78 is 36.4. The van der Waals surface area contributed by atoms with Crippen LogP contribution in [0.25, 0.3) is 0 Å². The van der Waals surface area contributed by atoms with Crippen molar-refractivity contribution < 1.29 is 22.7 Å². The number of methoxy groups -OCH3 is 1. The largest absolute Gasteiger partial charge is 0.495 e. The molecule has 0 aromatic heterocycles. The average Bonchev–Trinajstić information content (AvgIpc) is 3.05. The van der Waals surface area contributed by atoms with Gasteiger partial charge in [0.2, 0.25) is 15.9 Å². The van der Waals surface area contributed by atoms with Gasteiger partial charge in [-0.2, -0.15) is 0 Å². The summed E-state index contributed by atoms with van der Waals surface area (Å²) in [5.41, 5.74) is 0.220. The number of hydrogen-bond donors (Lipinski definition) is 1. The summed E-state index contributed by atoms with van der Waals surface area (Å²) in [6, 6.07) is 3.65. The quantitative estimate of drug-likeness (QED) is 0.767. The van der Waals surface area contributed by atoms with E-state index in [-0.39, 0.29) is 11.8 Å². The number of carbonyl (C=O) groups is 1. The molecule has 1 aliphatic rings. The number of amides is 1. The second-order valence-electron chi connectivity index (χ2n) is 5.93. The lowest BCUT2D eigenvalue weighted by atomic mass is 10.2. The van der Waals surface area contributed by atoms with Crippen molar-refractivity contribution >= 4 is 33.2 Å². The van der Waals surface area contributed by atoms with E-state index in [4.69, 9.17) is 21.1 Å². The van der Waals surface area contributed by atoms with Crippen molar-refractivity contribution in [2.75, 3.05) is 30.8 Å². The van der Waals surface area contributed by atoms with Gasteiger partial charge in [0, 0.05) is 18.2 Å². The number of benzene rings is 1. The molecule has 0 saturated carbocycles. The van der Waals surface area contributed by atoms with Crippen LogP contribution in [0.2, 0.25) is 5.02 Å². The smallest absolute Gasteiger partial charge is 0.243 e. The number of ether oxygens (including phenoxy) is 2. The molecule has 2 rings (SSSR count). The highest BCUT2D eigenvalue weighted by Crippen LogP contribution is 2.34. The molecule has 0 unspecified atom stereocenters. The van der Waals surface area contributed by atoms with Gasteiger partial charge in [-0.15, -0.1) is 0 Å². The van der Waals surface area contributed by atoms with Crippen molar-refractivity contribution in [1.82, 2.24) is 5.32 Å². The number of sulfonamides is 1. The second kappa shape index (κ2) is 8.25. The fourth-order valence-electron chi connectivity index (χ4n) is 2.78. The minimum Gasteiger partial charge on any atom is -0.495 e. The number of halogens is 1. The van der Waals surface area contributed by atoms with E-state index in [1.807, 2.05) is 0 Å². The first-order valence-electron chi connectivity index (χ1n) is 7.96. The summed E-state index contributed by atoms with van der Waals surface area (Å²) in [6.45, 7) is 2.56. The summed E-state index contributed by atoms with van der Waals surface area (Å²) in [4.78, 5) is 12.5. The third-order valence-corrected chi connectivity index (χ3v) is 5.46. The first-order chi connectivity index (χ1) is 11.7.